The largest absolute Gasteiger partial charge is 0.477 e. The molecule has 0 aromatic rings. The smallest absolute Gasteiger partial charge is 0.361 e. The van der Waals surface area contributed by atoms with Gasteiger partial charge in [0.15, 0.2) is 0 Å². The van der Waals surface area contributed by atoms with Gasteiger partial charge in [0.05, 0.1) is 12.7 Å². The number of hydrogen-bond donors (Lipinski definition) is 3. The lowest BCUT2D eigenvalue weighted by atomic mass is 10.5. The topological polar surface area (TPSA) is 96.2 Å². The standard InChI is InChI=1S/C4H8O4.C3H8O2/c1-7-4(8-2)3(5)6;1-3(5)2-4/h4H,1-2H3,(H,5,6);3-5H,2H2,1H3. The molecule has 0 amide bonds. The van der Waals surface area contributed by atoms with Crippen LogP contribution in [-0.2, 0) is 14.3 Å². The van der Waals surface area contributed by atoms with Crippen molar-refractivity contribution >= 4 is 5.97 Å². The van der Waals surface area contributed by atoms with Crippen molar-refractivity contribution in [3.8, 4) is 0 Å². The number of hydrogen-bond acceptors (Lipinski definition) is 5. The van der Waals surface area contributed by atoms with Gasteiger partial charge in [-0.2, -0.15) is 0 Å². The number of carboxylic acids is 1. The van der Waals surface area contributed by atoms with Gasteiger partial charge in [-0.05, 0) is 6.92 Å². The average Bonchev–Trinajstić information content (AvgIpc) is 2.07. The molecule has 0 heterocycles. The molecule has 0 saturated carbocycles. The zero-order chi connectivity index (χ0) is 10.9. The van der Waals surface area contributed by atoms with Crippen LogP contribution in [0.2, 0.25) is 0 Å². The van der Waals surface area contributed by atoms with Crippen LogP contribution in [0.25, 0.3) is 0 Å². The predicted octanol–water partition coefficient (Wildman–Crippen LogP) is -0.951. The summed E-state index contributed by atoms with van der Waals surface area (Å²) in [6.07, 6.45) is -1.69. The van der Waals surface area contributed by atoms with E-state index >= 15 is 0 Å². The fraction of sp³-hybridized carbons (Fsp3) is 0.857. The Morgan fingerprint density at radius 3 is 1.69 bits per heavy atom. The van der Waals surface area contributed by atoms with Crippen LogP contribution in [0.3, 0.4) is 0 Å². The van der Waals surface area contributed by atoms with Gasteiger partial charge in [0.1, 0.15) is 0 Å². The maximum absolute atomic E-state index is 9.91. The van der Waals surface area contributed by atoms with Gasteiger partial charge in [-0.15, -0.1) is 0 Å². The SMILES string of the molecule is CC(O)CO.COC(OC)C(=O)O. The molecule has 0 aromatic heterocycles. The summed E-state index contributed by atoms with van der Waals surface area (Å²) in [7, 11) is 2.53. The van der Waals surface area contributed by atoms with Gasteiger partial charge >= 0.3 is 5.97 Å². The van der Waals surface area contributed by atoms with Gasteiger partial charge in [-0.25, -0.2) is 4.79 Å². The Balaban J connectivity index is 0. The highest BCUT2D eigenvalue weighted by atomic mass is 16.7. The van der Waals surface area contributed by atoms with Crippen LogP contribution in [0.15, 0.2) is 0 Å². The number of carbonyl (C=O) groups is 1. The Hall–Kier alpha value is -0.690. The summed E-state index contributed by atoms with van der Waals surface area (Å²) < 4.78 is 8.68. The molecule has 0 saturated heterocycles. The summed E-state index contributed by atoms with van der Waals surface area (Å²) in [5, 5.41) is 24.1. The summed E-state index contributed by atoms with van der Waals surface area (Å²) in [6.45, 7) is 1.39. The average molecular weight is 196 g/mol. The quantitative estimate of drug-likeness (QED) is 0.502. The second-order valence-electron chi connectivity index (χ2n) is 2.17. The summed E-state index contributed by atoms with van der Waals surface area (Å²) in [6, 6.07) is 0. The van der Waals surface area contributed by atoms with E-state index in [9.17, 15) is 4.79 Å². The van der Waals surface area contributed by atoms with Gasteiger partial charge in [0.2, 0.25) is 0 Å². The minimum Gasteiger partial charge on any atom is -0.477 e. The van der Waals surface area contributed by atoms with Crippen molar-refractivity contribution in [2.45, 2.75) is 19.3 Å². The van der Waals surface area contributed by atoms with Crippen LogP contribution >= 0.6 is 0 Å². The number of rotatable bonds is 4. The lowest BCUT2D eigenvalue weighted by molar-refractivity contribution is -0.177. The van der Waals surface area contributed by atoms with Crippen molar-refractivity contribution in [3.05, 3.63) is 0 Å². The first-order valence-corrected chi connectivity index (χ1v) is 3.56. The molecule has 0 fully saturated rings. The van der Waals surface area contributed by atoms with Crippen molar-refractivity contribution in [2.24, 2.45) is 0 Å². The zero-order valence-electron chi connectivity index (χ0n) is 7.93. The number of ether oxygens (including phenoxy) is 2. The van der Waals surface area contributed by atoms with Gasteiger partial charge < -0.3 is 24.8 Å². The first-order valence-electron chi connectivity index (χ1n) is 3.56. The number of carboxylic acid groups (broad SMARTS) is 1. The maximum Gasteiger partial charge on any atom is 0.361 e. The third kappa shape index (κ3) is 11.3. The molecule has 6 nitrogen and oxygen atoms in total. The van der Waals surface area contributed by atoms with Crippen LogP contribution in [-0.4, -0.2) is 54.5 Å². The Labute approximate surface area is 76.7 Å². The normalized spacial score (nSPS) is 11.8. The van der Waals surface area contributed by atoms with E-state index in [1.165, 1.54) is 21.1 Å². The molecule has 0 radical (unpaired) electrons. The number of aliphatic carboxylic acids is 1. The Bertz CT molecular complexity index is 120. The summed E-state index contributed by atoms with van der Waals surface area (Å²) in [5.41, 5.74) is 0. The molecule has 1 atom stereocenters. The van der Waals surface area contributed by atoms with Gasteiger partial charge in [-0.1, -0.05) is 0 Å². The molecule has 0 rings (SSSR count). The molecule has 0 aliphatic rings. The number of aliphatic hydroxyl groups excluding tert-OH is 2. The predicted molar refractivity (Wildman–Crippen MR) is 44.2 cm³/mol. The molecule has 6 heteroatoms. The summed E-state index contributed by atoms with van der Waals surface area (Å²) >= 11 is 0. The van der Waals surface area contributed by atoms with Crippen molar-refractivity contribution in [1.82, 2.24) is 0 Å². The first kappa shape index (κ1) is 14.8. The van der Waals surface area contributed by atoms with Crippen LogP contribution in [0.5, 0.6) is 0 Å². The van der Waals surface area contributed by atoms with E-state index in [-0.39, 0.29) is 6.61 Å². The van der Waals surface area contributed by atoms with E-state index in [0.717, 1.165) is 0 Å². The van der Waals surface area contributed by atoms with Crippen molar-refractivity contribution in [2.75, 3.05) is 20.8 Å². The second-order valence-corrected chi connectivity index (χ2v) is 2.17. The van der Waals surface area contributed by atoms with E-state index < -0.39 is 18.4 Å². The van der Waals surface area contributed by atoms with Crippen LogP contribution < -0.4 is 0 Å². The molecule has 0 aliphatic heterocycles. The van der Waals surface area contributed by atoms with Crippen LogP contribution in [0.1, 0.15) is 6.92 Å². The first-order chi connectivity index (χ1) is 5.99. The lowest BCUT2D eigenvalue weighted by Gasteiger charge is -2.05. The van der Waals surface area contributed by atoms with E-state index in [0.29, 0.717) is 0 Å². The third-order valence-corrected chi connectivity index (χ3v) is 0.894. The highest BCUT2D eigenvalue weighted by Crippen LogP contribution is 1.87. The number of aliphatic hydroxyl groups is 2. The third-order valence-electron chi connectivity index (χ3n) is 0.894. The molecule has 0 aliphatic carbocycles. The van der Waals surface area contributed by atoms with Gasteiger partial charge in [0, 0.05) is 14.2 Å². The van der Waals surface area contributed by atoms with Crippen molar-refractivity contribution in [3.63, 3.8) is 0 Å². The fourth-order valence-corrected chi connectivity index (χ4v) is 0.298. The molecule has 0 bridgehead atoms. The molecule has 1 unspecified atom stereocenters. The van der Waals surface area contributed by atoms with Crippen LogP contribution in [0.4, 0.5) is 0 Å². The minimum absolute atomic E-state index is 0.139. The van der Waals surface area contributed by atoms with E-state index in [2.05, 4.69) is 9.47 Å². The van der Waals surface area contributed by atoms with E-state index in [4.69, 9.17) is 15.3 Å². The molecule has 80 valence electrons. The Kier molecular flexibility index (Phi) is 10.7. The highest BCUT2D eigenvalue weighted by Gasteiger charge is 2.12. The number of methoxy groups -OCH3 is 2. The monoisotopic (exact) mass is 196 g/mol. The highest BCUT2D eigenvalue weighted by molar-refractivity contribution is 5.70. The summed E-state index contributed by atoms with van der Waals surface area (Å²) in [4.78, 5) is 9.91. The Morgan fingerprint density at radius 1 is 1.38 bits per heavy atom. The maximum atomic E-state index is 9.91. The molecule has 0 spiro atoms. The minimum atomic E-state index is -1.13. The lowest BCUT2D eigenvalue weighted by Crippen LogP contribution is -2.23. The molecular weight excluding hydrogens is 180 g/mol. The van der Waals surface area contributed by atoms with Crippen molar-refractivity contribution < 1.29 is 29.6 Å². The molecule has 0 aromatic carbocycles. The molecule has 3 N–H and O–H groups in total. The molecular formula is C7H16O6. The summed E-state index contributed by atoms with van der Waals surface area (Å²) in [5.74, 6) is -1.12. The van der Waals surface area contributed by atoms with Crippen LogP contribution in [0, 0.1) is 0 Å². The van der Waals surface area contributed by atoms with Gasteiger partial charge in [0.25, 0.3) is 6.29 Å². The van der Waals surface area contributed by atoms with Gasteiger partial charge in [-0.3, -0.25) is 0 Å². The molecule has 13 heavy (non-hydrogen) atoms. The van der Waals surface area contributed by atoms with E-state index in [1.807, 2.05) is 0 Å². The van der Waals surface area contributed by atoms with Crippen molar-refractivity contribution in [1.29, 1.82) is 0 Å². The fourth-order valence-electron chi connectivity index (χ4n) is 0.298. The van der Waals surface area contributed by atoms with E-state index in [1.54, 1.807) is 0 Å². The second kappa shape index (κ2) is 9.40. The Morgan fingerprint density at radius 2 is 1.69 bits per heavy atom. The zero-order valence-corrected chi connectivity index (χ0v) is 7.93.